The predicted molar refractivity (Wildman–Crippen MR) is 143 cm³/mol. The maximum atomic E-state index is 12.7. The molecule has 0 saturated heterocycles. The number of para-hydroxylation sites is 2. The molecule has 190 valence electrons. The number of ketones is 1. The van der Waals surface area contributed by atoms with Gasteiger partial charge in [0.25, 0.3) is 0 Å². The number of benzene rings is 4. The number of rotatable bonds is 10. The molecule has 0 aliphatic heterocycles. The average Bonchev–Trinajstić information content (AvgIpc) is 2.89. The van der Waals surface area contributed by atoms with E-state index in [9.17, 15) is 20.1 Å². The second kappa shape index (κ2) is 11.6. The van der Waals surface area contributed by atoms with Crippen LogP contribution in [-0.2, 0) is 17.6 Å². The summed E-state index contributed by atoms with van der Waals surface area (Å²) in [7, 11) is 3.11. The van der Waals surface area contributed by atoms with Crippen LogP contribution in [-0.4, -0.2) is 41.4 Å². The summed E-state index contributed by atoms with van der Waals surface area (Å²) in [6.45, 7) is 0. The lowest BCUT2D eigenvalue weighted by molar-refractivity contribution is -0.120. The van der Waals surface area contributed by atoms with Gasteiger partial charge in [-0.2, -0.15) is 0 Å². The highest BCUT2D eigenvalue weighted by Crippen LogP contribution is 2.37. The Kier molecular flexibility index (Phi) is 8.11. The van der Waals surface area contributed by atoms with Crippen molar-refractivity contribution in [1.29, 1.82) is 0 Å². The molecule has 4 aromatic carbocycles. The van der Waals surface area contributed by atoms with Crippen LogP contribution in [0.15, 0.2) is 84.9 Å². The van der Waals surface area contributed by atoms with E-state index >= 15 is 0 Å². The molecule has 0 heterocycles. The van der Waals surface area contributed by atoms with Crippen molar-refractivity contribution in [2.75, 3.05) is 14.2 Å². The molecule has 0 radical (unpaired) electrons. The zero-order valence-electron chi connectivity index (χ0n) is 20.8. The minimum atomic E-state index is -0.851. The lowest BCUT2D eigenvalue weighted by Gasteiger charge is -2.15. The SMILES string of the molecule is COc1cc(CC(=O)CC(O)Cc2ccc(-c3ccccc3O)c(OC)c2)ccc1-c1ccccc1O. The van der Waals surface area contributed by atoms with E-state index in [4.69, 9.17) is 9.47 Å². The summed E-state index contributed by atoms with van der Waals surface area (Å²) < 4.78 is 11.0. The molecule has 4 aromatic rings. The van der Waals surface area contributed by atoms with Crippen LogP contribution < -0.4 is 9.47 Å². The molecule has 0 aliphatic carbocycles. The summed E-state index contributed by atoms with van der Waals surface area (Å²) in [5, 5.41) is 31.0. The van der Waals surface area contributed by atoms with Crippen LogP contribution in [0.3, 0.4) is 0 Å². The quantitative estimate of drug-likeness (QED) is 0.265. The summed E-state index contributed by atoms with van der Waals surface area (Å²) in [6.07, 6.45) is -0.397. The number of hydrogen-bond acceptors (Lipinski definition) is 6. The molecule has 0 bridgehead atoms. The predicted octanol–water partition coefficient (Wildman–Crippen LogP) is 5.55. The highest BCUT2D eigenvalue weighted by molar-refractivity contribution is 5.83. The summed E-state index contributed by atoms with van der Waals surface area (Å²) in [4.78, 5) is 12.7. The molecule has 0 fully saturated rings. The zero-order valence-corrected chi connectivity index (χ0v) is 20.8. The number of Topliss-reactive ketones (excluding diaryl/α,β-unsaturated/α-hetero) is 1. The van der Waals surface area contributed by atoms with Crippen LogP contribution in [0, 0.1) is 0 Å². The van der Waals surface area contributed by atoms with Gasteiger partial charge in [0.05, 0.1) is 20.3 Å². The van der Waals surface area contributed by atoms with Crippen LogP contribution in [0.25, 0.3) is 22.3 Å². The van der Waals surface area contributed by atoms with Gasteiger partial charge in [-0.25, -0.2) is 0 Å². The second-order valence-corrected chi connectivity index (χ2v) is 8.88. The highest BCUT2D eigenvalue weighted by atomic mass is 16.5. The number of methoxy groups -OCH3 is 2. The Morgan fingerprint density at radius 1 is 0.703 bits per heavy atom. The standard InChI is InChI=1S/C31H30O6/c1-36-30-17-20(11-13-26(30)24-7-3-5-9-28(24)34)15-22(32)19-23(33)16-21-12-14-27(31(18-21)37-2)25-8-4-6-10-29(25)35/h3-14,17-18,22,32,34-35H,15-16,19H2,1-2H3. The largest absolute Gasteiger partial charge is 0.507 e. The van der Waals surface area contributed by atoms with E-state index in [1.165, 1.54) is 0 Å². The lowest BCUT2D eigenvalue weighted by atomic mass is 9.96. The van der Waals surface area contributed by atoms with Gasteiger partial charge >= 0.3 is 0 Å². The van der Waals surface area contributed by atoms with Gasteiger partial charge in [0, 0.05) is 35.1 Å². The number of aliphatic hydroxyl groups is 1. The van der Waals surface area contributed by atoms with E-state index in [-0.39, 0.29) is 30.1 Å². The third kappa shape index (κ3) is 6.11. The Balaban J connectivity index is 1.41. The minimum absolute atomic E-state index is 0.00702. The van der Waals surface area contributed by atoms with E-state index in [0.717, 1.165) is 22.3 Å². The number of phenolic OH excluding ortho intramolecular Hbond substituents is 2. The van der Waals surface area contributed by atoms with Gasteiger partial charge in [-0.15, -0.1) is 0 Å². The minimum Gasteiger partial charge on any atom is -0.507 e. The first kappa shape index (κ1) is 25.8. The van der Waals surface area contributed by atoms with Gasteiger partial charge in [-0.1, -0.05) is 60.7 Å². The van der Waals surface area contributed by atoms with Crippen LogP contribution in [0.4, 0.5) is 0 Å². The third-order valence-corrected chi connectivity index (χ3v) is 6.26. The van der Waals surface area contributed by atoms with Crippen molar-refractivity contribution < 1.29 is 29.6 Å². The Labute approximate surface area is 216 Å². The van der Waals surface area contributed by atoms with Crippen molar-refractivity contribution >= 4 is 5.78 Å². The van der Waals surface area contributed by atoms with Gasteiger partial charge in [0.15, 0.2) is 0 Å². The first-order valence-electron chi connectivity index (χ1n) is 12.0. The molecule has 37 heavy (non-hydrogen) atoms. The van der Waals surface area contributed by atoms with Crippen LogP contribution in [0.1, 0.15) is 17.5 Å². The summed E-state index contributed by atoms with van der Waals surface area (Å²) >= 11 is 0. The molecule has 0 amide bonds. The summed E-state index contributed by atoms with van der Waals surface area (Å²) in [5.74, 6) is 1.35. The van der Waals surface area contributed by atoms with Crippen molar-refractivity contribution in [3.63, 3.8) is 0 Å². The van der Waals surface area contributed by atoms with E-state index in [1.807, 2.05) is 48.5 Å². The Morgan fingerprint density at radius 2 is 1.19 bits per heavy atom. The van der Waals surface area contributed by atoms with Gasteiger partial charge in [-0.3, -0.25) is 4.79 Å². The molecule has 6 nitrogen and oxygen atoms in total. The van der Waals surface area contributed by atoms with E-state index in [0.29, 0.717) is 29.0 Å². The molecular weight excluding hydrogens is 468 g/mol. The maximum Gasteiger partial charge on any atom is 0.139 e. The maximum absolute atomic E-state index is 12.7. The molecule has 0 spiro atoms. The third-order valence-electron chi connectivity index (χ3n) is 6.26. The fourth-order valence-electron chi connectivity index (χ4n) is 4.46. The fourth-order valence-corrected chi connectivity index (χ4v) is 4.46. The van der Waals surface area contributed by atoms with Crippen molar-refractivity contribution in [2.45, 2.75) is 25.4 Å². The number of ether oxygens (including phenoxy) is 2. The van der Waals surface area contributed by atoms with Crippen LogP contribution >= 0.6 is 0 Å². The van der Waals surface area contributed by atoms with Crippen LogP contribution in [0.2, 0.25) is 0 Å². The second-order valence-electron chi connectivity index (χ2n) is 8.88. The monoisotopic (exact) mass is 498 g/mol. The molecule has 0 saturated carbocycles. The molecular formula is C31H30O6. The summed E-state index contributed by atoms with van der Waals surface area (Å²) in [5.41, 5.74) is 4.38. The normalized spacial score (nSPS) is 11.6. The van der Waals surface area contributed by atoms with E-state index < -0.39 is 6.10 Å². The number of aromatic hydroxyl groups is 2. The van der Waals surface area contributed by atoms with Crippen molar-refractivity contribution in [2.24, 2.45) is 0 Å². The molecule has 0 aromatic heterocycles. The topological polar surface area (TPSA) is 96.2 Å². The number of carbonyl (C=O) groups is 1. The number of phenols is 2. The highest BCUT2D eigenvalue weighted by Gasteiger charge is 2.17. The number of hydrogen-bond donors (Lipinski definition) is 3. The Morgan fingerprint density at radius 3 is 1.70 bits per heavy atom. The Hall–Kier alpha value is -4.29. The number of carbonyl (C=O) groups excluding carboxylic acids is 1. The molecule has 1 unspecified atom stereocenters. The molecule has 1 atom stereocenters. The molecule has 6 heteroatoms. The van der Waals surface area contributed by atoms with Gasteiger partial charge < -0.3 is 24.8 Å². The average molecular weight is 499 g/mol. The zero-order chi connectivity index (χ0) is 26.4. The first-order chi connectivity index (χ1) is 17.9. The lowest BCUT2D eigenvalue weighted by Crippen LogP contribution is -2.17. The van der Waals surface area contributed by atoms with Crippen molar-refractivity contribution in [3.05, 3.63) is 96.1 Å². The number of aliphatic hydroxyl groups excluding tert-OH is 1. The van der Waals surface area contributed by atoms with Crippen molar-refractivity contribution in [3.8, 4) is 45.3 Å². The van der Waals surface area contributed by atoms with Gasteiger partial charge in [0.2, 0.25) is 0 Å². The Bertz CT molecular complexity index is 1390. The van der Waals surface area contributed by atoms with E-state index in [1.54, 1.807) is 50.6 Å². The fraction of sp³-hybridized carbons (Fsp3) is 0.194. The van der Waals surface area contributed by atoms with Gasteiger partial charge in [0.1, 0.15) is 28.8 Å². The van der Waals surface area contributed by atoms with E-state index in [2.05, 4.69) is 0 Å². The van der Waals surface area contributed by atoms with Gasteiger partial charge in [-0.05, 0) is 41.8 Å². The molecule has 3 N–H and O–H groups in total. The smallest absolute Gasteiger partial charge is 0.139 e. The first-order valence-corrected chi connectivity index (χ1v) is 12.0. The molecule has 4 rings (SSSR count). The van der Waals surface area contributed by atoms with Crippen molar-refractivity contribution in [1.82, 2.24) is 0 Å². The van der Waals surface area contributed by atoms with Crippen LogP contribution in [0.5, 0.6) is 23.0 Å². The molecule has 0 aliphatic rings. The summed E-state index contributed by atoms with van der Waals surface area (Å²) in [6, 6.07) is 25.0.